The highest BCUT2D eigenvalue weighted by atomic mass is 16.6. The maximum Gasteiger partial charge on any atom is 0.275 e. The van der Waals surface area contributed by atoms with Crippen molar-refractivity contribution in [3.05, 3.63) is 29.6 Å². The molecule has 21 heavy (non-hydrogen) atoms. The standard InChI is InChI=1S/C14H19N5O2/c1-3-11-15-6-7-19(11)9-14(4-5-14)8-16-13(20)12-10(2)17-21-18-12/h6-7H,3-5,8-9H2,1-2H3,(H,16,20). The van der Waals surface area contributed by atoms with Crippen LogP contribution in [0, 0.1) is 12.3 Å². The summed E-state index contributed by atoms with van der Waals surface area (Å²) < 4.78 is 6.74. The van der Waals surface area contributed by atoms with Crippen molar-refractivity contribution < 1.29 is 9.42 Å². The largest absolute Gasteiger partial charge is 0.350 e. The zero-order valence-electron chi connectivity index (χ0n) is 12.3. The van der Waals surface area contributed by atoms with Gasteiger partial charge < -0.3 is 9.88 Å². The molecule has 7 heteroatoms. The Balaban J connectivity index is 1.60. The summed E-state index contributed by atoms with van der Waals surface area (Å²) in [5.74, 6) is 0.866. The summed E-state index contributed by atoms with van der Waals surface area (Å²) in [6, 6.07) is 0. The Kier molecular flexibility index (Phi) is 3.48. The maximum atomic E-state index is 12.0. The van der Waals surface area contributed by atoms with Crippen molar-refractivity contribution >= 4 is 5.91 Å². The molecule has 1 amide bonds. The van der Waals surface area contributed by atoms with Gasteiger partial charge in [-0.2, -0.15) is 0 Å². The Morgan fingerprint density at radius 2 is 2.29 bits per heavy atom. The molecule has 1 saturated carbocycles. The maximum absolute atomic E-state index is 12.0. The molecular weight excluding hydrogens is 270 g/mol. The number of carbonyl (C=O) groups excluding carboxylic acids is 1. The molecular formula is C14H19N5O2. The molecule has 0 aliphatic heterocycles. The first-order valence-electron chi connectivity index (χ1n) is 7.21. The molecule has 0 spiro atoms. The average molecular weight is 289 g/mol. The van der Waals surface area contributed by atoms with Crippen molar-refractivity contribution in [1.82, 2.24) is 25.2 Å². The van der Waals surface area contributed by atoms with Crippen LogP contribution in [0.25, 0.3) is 0 Å². The Morgan fingerprint density at radius 1 is 1.48 bits per heavy atom. The number of carbonyl (C=O) groups is 1. The summed E-state index contributed by atoms with van der Waals surface area (Å²) in [6.45, 7) is 5.34. The second-order valence-corrected chi connectivity index (χ2v) is 5.71. The van der Waals surface area contributed by atoms with E-state index in [0.717, 1.165) is 31.6 Å². The van der Waals surface area contributed by atoms with E-state index in [-0.39, 0.29) is 17.0 Å². The molecule has 7 nitrogen and oxygen atoms in total. The molecule has 1 fully saturated rings. The summed E-state index contributed by atoms with van der Waals surface area (Å²) >= 11 is 0. The summed E-state index contributed by atoms with van der Waals surface area (Å²) in [5, 5.41) is 10.2. The van der Waals surface area contributed by atoms with E-state index in [0.29, 0.717) is 12.2 Å². The van der Waals surface area contributed by atoms with Gasteiger partial charge in [-0.1, -0.05) is 12.1 Å². The van der Waals surface area contributed by atoms with Gasteiger partial charge in [-0.05, 0) is 24.9 Å². The van der Waals surface area contributed by atoms with E-state index < -0.39 is 0 Å². The monoisotopic (exact) mass is 289 g/mol. The second kappa shape index (κ2) is 5.31. The Morgan fingerprint density at radius 3 is 2.90 bits per heavy atom. The highest BCUT2D eigenvalue weighted by Gasteiger charge is 2.43. The van der Waals surface area contributed by atoms with Crippen LogP contribution in [0.5, 0.6) is 0 Å². The summed E-state index contributed by atoms with van der Waals surface area (Å²) in [4.78, 5) is 16.4. The number of amides is 1. The van der Waals surface area contributed by atoms with E-state index >= 15 is 0 Å². The zero-order valence-corrected chi connectivity index (χ0v) is 12.3. The predicted molar refractivity (Wildman–Crippen MR) is 74.6 cm³/mol. The van der Waals surface area contributed by atoms with Gasteiger partial charge in [-0.3, -0.25) is 4.79 Å². The third kappa shape index (κ3) is 2.81. The van der Waals surface area contributed by atoms with Gasteiger partial charge in [-0.15, -0.1) is 0 Å². The lowest BCUT2D eigenvalue weighted by Crippen LogP contribution is -2.33. The first-order chi connectivity index (χ1) is 10.1. The molecule has 3 rings (SSSR count). The van der Waals surface area contributed by atoms with Crippen LogP contribution >= 0.6 is 0 Å². The van der Waals surface area contributed by atoms with Crippen molar-refractivity contribution in [3.8, 4) is 0 Å². The van der Waals surface area contributed by atoms with Crippen LogP contribution in [0.3, 0.4) is 0 Å². The van der Waals surface area contributed by atoms with E-state index in [4.69, 9.17) is 0 Å². The van der Waals surface area contributed by atoms with Gasteiger partial charge in [0.2, 0.25) is 0 Å². The lowest BCUT2D eigenvalue weighted by Gasteiger charge is -2.17. The molecule has 2 heterocycles. The molecule has 0 atom stereocenters. The minimum absolute atomic E-state index is 0.144. The van der Waals surface area contributed by atoms with E-state index in [1.54, 1.807) is 6.92 Å². The van der Waals surface area contributed by atoms with Crippen molar-refractivity contribution in [2.45, 2.75) is 39.7 Å². The van der Waals surface area contributed by atoms with Gasteiger partial charge in [0.25, 0.3) is 5.91 Å². The van der Waals surface area contributed by atoms with Crippen molar-refractivity contribution in [2.24, 2.45) is 5.41 Å². The average Bonchev–Trinajstić information content (AvgIpc) is 2.88. The molecule has 2 aromatic heterocycles. The number of hydrogen-bond donors (Lipinski definition) is 1. The van der Waals surface area contributed by atoms with Crippen LogP contribution in [0.1, 0.15) is 41.8 Å². The molecule has 1 aliphatic carbocycles. The van der Waals surface area contributed by atoms with Gasteiger partial charge in [-0.25, -0.2) is 9.61 Å². The van der Waals surface area contributed by atoms with E-state index in [1.165, 1.54) is 0 Å². The van der Waals surface area contributed by atoms with Crippen molar-refractivity contribution in [1.29, 1.82) is 0 Å². The number of aryl methyl sites for hydroxylation is 2. The van der Waals surface area contributed by atoms with Crippen LogP contribution in [0.2, 0.25) is 0 Å². The molecule has 1 aliphatic rings. The van der Waals surface area contributed by atoms with E-state index in [1.807, 2.05) is 12.4 Å². The molecule has 0 unspecified atom stereocenters. The third-order valence-electron chi connectivity index (χ3n) is 4.07. The first kappa shape index (κ1) is 13.8. The lowest BCUT2D eigenvalue weighted by atomic mass is 10.1. The number of rotatable bonds is 6. The predicted octanol–water partition coefficient (Wildman–Crippen LogP) is 1.35. The Labute approximate surface area is 122 Å². The van der Waals surface area contributed by atoms with E-state index in [2.05, 4.69) is 36.7 Å². The third-order valence-corrected chi connectivity index (χ3v) is 4.07. The van der Waals surface area contributed by atoms with Crippen LogP contribution in [0.15, 0.2) is 17.0 Å². The Hall–Kier alpha value is -2.18. The van der Waals surface area contributed by atoms with Crippen LogP contribution in [-0.4, -0.2) is 32.3 Å². The van der Waals surface area contributed by atoms with Gasteiger partial charge in [0, 0.05) is 37.3 Å². The minimum atomic E-state index is -0.221. The quantitative estimate of drug-likeness (QED) is 0.867. The lowest BCUT2D eigenvalue weighted by molar-refractivity contribution is 0.0932. The number of aromatic nitrogens is 4. The fourth-order valence-corrected chi connectivity index (χ4v) is 2.52. The van der Waals surface area contributed by atoms with Crippen LogP contribution in [-0.2, 0) is 13.0 Å². The topological polar surface area (TPSA) is 85.8 Å². The molecule has 112 valence electrons. The molecule has 0 radical (unpaired) electrons. The van der Waals surface area contributed by atoms with Crippen molar-refractivity contribution in [2.75, 3.05) is 6.54 Å². The number of nitrogens with zero attached hydrogens (tertiary/aromatic N) is 4. The highest BCUT2D eigenvalue weighted by molar-refractivity contribution is 5.93. The Bertz CT molecular complexity index is 641. The second-order valence-electron chi connectivity index (χ2n) is 5.71. The molecule has 0 saturated heterocycles. The zero-order chi connectivity index (χ0) is 14.9. The van der Waals surface area contributed by atoms with Crippen LogP contribution in [0.4, 0.5) is 0 Å². The fourth-order valence-electron chi connectivity index (χ4n) is 2.52. The number of hydrogen-bond acceptors (Lipinski definition) is 5. The van der Waals surface area contributed by atoms with Crippen LogP contribution < -0.4 is 5.32 Å². The molecule has 0 bridgehead atoms. The van der Waals surface area contributed by atoms with Gasteiger partial charge >= 0.3 is 0 Å². The normalized spacial score (nSPS) is 15.9. The molecule has 0 aromatic carbocycles. The van der Waals surface area contributed by atoms with Gasteiger partial charge in [0.15, 0.2) is 5.69 Å². The number of imidazole rings is 1. The minimum Gasteiger partial charge on any atom is -0.350 e. The summed E-state index contributed by atoms with van der Waals surface area (Å²) in [7, 11) is 0. The summed E-state index contributed by atoms with van der Waals surface area (Å²) in [6.07, 6.45) is 6.99. The highest BCUT2D eigenvalue weighted by Crippen LogP contribution is 2.46. The van der Waals surface area contributed by atoms with Crippen molar-refractivity contribution in [3.63, 3.8) is 0 Å². The van der Waals surface area contributed by atoms with Gasteiger partial charge in [0.05, 0.1) is 0 Å². The van der Waals surface area contributed by atoms with Gasteiger partial charge in [0.1, 0.15) is 11.5 Å². The molecule has 1 N–H and O–H groups in total. The number of nitrogens with one attached hydrogen (secondary N) is 1. The SMILES string of the molecule is CCc1nccn1CC1(CNC(=O)c2nonc2C)CC1. The smallest absolute Gasteiger partial charge is 0.275 e. The van der Waals surface area contributed by atoms with E-state index in [9.17, 15) is 4.79 Å². The molecule has 2 aromatic rings. The fraction of sp³-hybridized carbons (Fsp3) is 0.571. The summed E-state index contributed by atoms with van der Waals surface area (Å²) in [5.41, 5.74) is 0.925. The first-order valence-corrected chi connectivity index (χ1v) is 7.21.